The van der Waals surface area contributed by atoms with E-state index >= 15 is 0 Å². The number of rotatable bonds is 4. The van der Waals surface area contributed by atoms with Crippen LogP contribution in [0.2, 0.25) is 0 Å². The van der Waals surface area contributed by atoms with Gasteiger partial charge in [-0.3, -0.25) is 4.79 Å². The second kappa shape index (κ2) is 7.70. The molecule has 0 saturated carbocycles. The van der Waals surface area contributed by atoms with Crippen molar-refractivity contribution in [2.24, 2.45) is 11.8 Å². The Labute approximate surface area is 153 Å². The molecule has 0 aromatic carbocycles. The first-order valence-corrected chi connectivity index (χ1v) is 8.48. The van der Waals surface area contributed by atoms with Gasteiger partial charge >= 0.3 is 11.9 Å². The summed E-state index contributed by atoms with van der Waals surface area (Å²) >= 11 is 0. The van der Waals surface area contributed by atoms with Crippen LogP contribution in [0, 0.1) is 11.8 Å². The van der Waals surface area contributed by atoms with E-state index in [0.29, 0.717) is 0 Å². The zero-order valence-corrected chi connectivity index (χ0v) is 14.4. The molecule has 2 fully saturated rings. The van der Waals surface area contributed by atoms with E-state index in [1.165, 1.54) is 0 Å². The van der Waals surface area contributed by atoms with E-state index in [1.54, 1.807) is 6.92 Å². The van der Waals surface area contributed by atoms with E-state index < -0.39 is 73.5 Å². The number of aliphatic hydroxyl groups is 4. The van der Waals surface area contributed by atoms with E-state index in [9.17, 15) is 35.1 Å². The number of hydrogen-bond donors (Lipinski definition) is 5. The molecule has 0 spiro atoms. The second-order valence-corrected chi connectivity index (χ2v) is 6.80. The third kappa shape index (κ3) is 3.66. The molecule has 9 atom stereocenters. The maximum Gasteiger partial charge on any atom is 0.335 e. The SMILES string of the molecule is CC1OC(=O)C[C@@H]2C(C(=O)O)=CO[C@@H](OC3O[C@H](CO)[C@@H](O)[C@H](O)[C@H]3O)[C@H]12. The monoisotopic (exact) mass is 390 g/mol. The molecule has 0 bridgehead atoms. The molecule has 152 valence electrons. The molecule has 0 amide bonds. The molecule has 0 aliphatic carbocycles. The van der Waals surface area contributed by atoms with Crippen LogP contribution in [0.25, 0.3) is 0 Å². The third-order valence-electron chi connectivity index (χ3n) is 5.12. The fourth-order valence-electron chi connectivity index (χ4n) is 3.67. The summed E-state index contributed by atoms with van der Waals surface area (Å²) in [7, 11) is 0. The maximum atomic E-state index is 11.7. The van der Waals surface area contributed by atoms with E-state index in [4.69, 9.17) is 18.9 Å². The molecule has 0 aromatic rings. The predicted molar refractivity (Wildman–Crippen MR) is 82.6 cm³/mol. The van der Waals surface area contributed by atoms with Crippen LogP contribution in [0.15, 0.2) is 11.8 Å². The Morgan fingerprint density at radius 1 is 1.22 bits per heavy atom. The molecule has 11 heteroatoms. The van der Waals surface area contributed by atoms with Crippen LogP contribution >= 0.6 is 0 Å². The zero-order chi connectivity index (χ0) is 19.9. The van der Waals surface area contributed by atoms with Crippen molar-refractivity contribution in [2.45, 2.75) is 56.4 Å². The number of carbonyl (C=O) groups excluding carboxylic acids is 1. The van der Waals surface area contributed by atoms with Crippen molar-refractivity contribution in [1.29, 1.82) is 0 Å². The summed E-state index contributed by atoms with van der Waals surface area (Å²) in [5.41, 5.74) is -0.0999. The number of carboxylic acids is 1. The fraction of sp³-hybridized carbons (Fsp3) is 0.750. The Hall–Kier alpha value is -1.76. The molecule has 3 aliphatic heterocycles. The van der Waals surface area contributed by atoms with Gasteiger partial charge in [-0.15, -0.1) is 0 Å². The molecule has 3 rings (SSSR count). The molecular weight excluding hydrogens is 368 g/mol. The number of fused-ring (bicyclic) bond motifs is 1. The highest BCUT2D eigenvalue weighted by atomic mass is 16.8. The average Bonchev–Trinajstić information content (AvgIpc) is 2.61. The normalized spacial score (nSPS) is 44.6. The number of ether oxygens (including phenoxy) is 4. The number of aliphatic hydroxyl groups excluding tert-OH is 4. The van der Waals surface area contributed by atoms with Gasteiger partial charge in [0.05, 0.1) is 30.8 Å². The first kappa shape index (κ1) is 20.0. The second-order valence-electron chi connectivity index (χ2n) is 6.80. The Balaban J connectivity index is 1.82. The standard InChI is InChI=1S/C16H22O11/c1-5-10-6(2-9(18)25-5)7(14(22)23)4-24-15(10)27-16-13(21)12(20)11(19)8(3-17)26-16/h4-6,8,10-13,15-17,19-21H,2-3H2,1H3,(H,22,23)/t5?,6-,8-,10-,11-,12+,13-,15+,16?/m1/s1. The third-order valence-corrected chi connectivity index (χ3v) is 5.12. The topological polar surface area (TPSA) is 172 Å². The lowest BCUT2D eigenvalue weighted by Crippen LogP contribution is -2.61. The first-order chi connectivity index (χ1) is 12.7. The highest BCUT2D eigenvalue weighted by Crippen LogP contribution is 2.41. The van der Waals surface area contributed by atoms with Gasteiger partial charge in [0.1, 0.15) is 30.5 Å². The van der Waals surface area contributed by atoms with Crippen LogP contribution in [0.3, 0.4) is 0 Å². The van der Waals surface area contributed by atoms with Crippen molar-refractivity contribution in [3.05, 3.63) is 11.8 Å². The van der Waals surface area contributed by atoms with Gasteiger partial charge in [-0.2, -0.15) is 0 Å². The molecule has 0 aromatic heterocycles. The first-order valence-electron chi connectivity index (χ1n) is 8.48. The minimum Gasteiger partial charge on any atom is -0.478 e. The lowest BCUT2D eigenvalue weighted by Gasteiger charge is -2.45. The number of aliphatic carboxylic acids is 1. The van der Waals surface area contributed by atoms with E-state index in [1.807, 2.05) is 0 Å². The van der Waals surface area contributed by atoms with Gasteiger partial charge in [0.25, 0.3) is 0 Å². The number of hydrogen-bond acceptors (Lipinski definition) is 10. The van der Waals surface area contributed by atoms with Crippen molar-refractivity contribution in [3.8, 4) is 0 Å². The van der Waals surface area contributed by atoms with Crippen LogP contribution in [0.4, 0.5) is 0 Å². The highest BCUT2D eigenvalue weighted by Gasteiger charge is 2.51. The zero-order valence-electron chi connectivity index (χ0n) is 14.4. The Kier molecular flexibility index (Phi) is 5.70. The summed E-state index contributed by atoms with van der Waals surface area (Å²) in [5.74, 6) is -3.23. The average molecular weight is 390 g/mol. The summed E-state index contributed by atoms with van der Waals surface area (Å²) in [4.78, 5) is 23.2. The van der Waals surface area contributed by atoms with Crippen molar-refractivity contribution >= 4 is 11.9 Å². The van der Waals surface area contributed by atoms with Gasteiger partial charge in [0.15, 0.2) is 6.29 Å². The van der Waals surface area contributed by atoms with Crippen molar-refractivity contribution in [3.63, 3.8) is 0 Å². The summed E-state index contributed by atoms with van der Waals surface area (Å²) in [6.07, 6.45) is -8.54. The van der Waals surface area contributed by atoms with Crippen LogP contribution in [0.1, 0.15) is 13.3 Å². The van der Waals surface area contributed by atoms with Crippen molar-refractivity contribution in [1.82, 2.24) is 0 Å². The molecule has 5 N–H and O–H groups in total. The van der Waals surface area contributed by atoms with Gasteiger partial charge in [0.2, 0.25) is 6.29 Å². The van der Waals surface area contributed by atoms with Gasteiger partial charge in [-0.05, 0) is 6.92 Å². The van der Waals surface area contributed by atoms with E-state index in [2.05, 4.69) is 0 Å². The smallest absolute Gasteiger partial charge is 0.335 e. The molecular formula is C16H22O11. The molecule has 27 heavy (non-hydrogen) atoms. The molecule has 0 radical (unpaired) electrons. The summed E-state index contributed by atoms with van der Waals surface area (Å²) < 4.78 is 21.4. The van der Waals surface area contributed by atoms with Gasteiger partial charge < -0.3 is 44.5 Å². The largest absolute Gasteiger partial charge is 0.478 e. The van der Waals surface area contributed by atoms with Crippen LogP contribution in [-0.2, 0) is 28.5 Å². The minimum absolute atomic E-state index is 0.0999. The molecule has 3 aliphatic rings. The number of esters is 1. The Morgan fingerprint density at radius 2 is 1.93 bits per heavy atom. The van der Waals surface area contributed by atoms with Crippen LogP contribution in [-0.4, -0.2) is 87.2 Å². The maximum absolute atomic E-state index is 11.7. The van der Waals surface area contributed by atoms with Gasteiger partial charge in [-0.25, -0.2) is 4.79 Å². The van der Waals surface area contributed by atoms with Crippen LogP contribution in [0.5, 0.6) is 0 Å². The lowest BCUT2D eigenvalue weighted by molar-refractivity contribution is -0.346. The van der Waals surface area contributed by atoms with Crippen LogP contribution < -0.4 is 0 Å². The van der Waals surface area contributed by atoms with Crippen molar-refractivity contribution in [2.75, 3.05) is 6.61 Å². The van der Waals surface area contributed by atoms with Gasteiger partial charge in [-0.1, -0.05) is 0 Å². The van der Waals surface area contributed by atoms with Crippen molar-refractivity contribution < 1.29 is 54.1 Å². The van der Waals surface area contributed by atoms with E-state index in [0.717, 1.165) is 6.26 Å². The number of carboxylic acid groups (broad SMARTS) is 1. The predicted octanol–water partition coefficient (Wildman–Crippen LogP) is -2.30. The number of carbonyl (C=O) groups is 2. The molecule has 2 unspecified atom stereocenters. The molecule has 3 heterocycles. The Bertz CT molecular complexity index is 617. The summed E-state index contributed by atoms with van der Waals surface area (Å²) in [5, 5.41) is 48.4. The number of cyclic esters (lactones) is 1. The minimum atomic E-state index is -1.64. The summed E-state index contributed by atoms with van der Waals surface area (Å²) in [6, 6.07) is 0. The quantitative estimate of drug-likeness (QED) is 0.327. The van der Waals surface area contributed by atoms with E-state index in [-0.39, 0.29) is 12.0 Å². The van der Waals surface area contributed by atoms with Gasteiger partial charge in [0, 0.05) is 5.92 Å². The lowest BCUT2D eigenvalue weighted by atomic mass is 9.77. The molecule has 2 saturated heterocycles. The fourth-order valence-corrected chi connectivity index (χ4v) is 3.67. The molecule has 11 nitrogen and oxygen atoms in total. The highest BCUT2D eigenvalue weighted by molar-refractivity contribution is 5.88. The Morgan fingerprint density at radius 3 is 2.56 bits per heavy atom. The summed E-state index contributed by atoms with van der Waals surface area (Å²) in [6.45, 7) is 0.936.